The minimum absolute atomic E-state index is 0.347. The van der Waals surface area contributed by atoms with E-state index in [4.69, 9.17) is 0 Å². The monoisotopic (exact) mass is 302 g/mol. The molecule has 9 heteroatoms. The topological polar surface area (TPSA) is 109 Å². The highest BCUT2D eigenvalue weighted by atomic mass is 32.2. The van der Waals surface area contributed by atoms with E-state index in [0.29, 0.717) is 16.5 Å². The third kappa shape index (κ3) is 2.92. The Morgan fingerprint density at radius 2 is 2.00 bits per heavy atom. The van der Waals surface area contributed by atoms with Gasteiger partial charge in [0.1, 0.15) is 0 Å². The molecule has 0 spiro atoms. The predicted octanol–water partition coefficient (Wildman–Crippen LogP) is 0.331. The van der Waals surface area contributed by atoms with Gasteiger partial charge in [-0.15, -0.1) is 5.10 Å². The molecule has 0 radical (unpaired) electrons. The molecule has 0 saturated heterocycles. The van der Waals surface area contributed by atoms with Crippen molar-refractivity contribution in [2.75, 3.05) is 0 Å². The van der Waals surface area contributed by atoms with Gasteiger partial charge >= 0.3 is 5.69 Å². The summed E-state index contributed by atoms with van der Waals surface area (Å²) in [7, 11) is 0. The van der Waals surface area contributed by atoms with Gasteiger partial charge in [0, 0.05) is 17.5 Å². The number of H-pyrrole nitrogens is 2. The van der Waals surface area contributed by atoms with Crippen molar-refractivity contribution in [3.63, 3.8) is 0 Å². The Labute approximate surface area is 122 Å². The van der Waals surface area contributed by atoms with Gasteiger partial charge in [0.2, 0.25) is 5.16 Å². The fraction of sp³-hybridized carbons (Fsp3) is 0.0833. The third-order valence-corrected chi connectivity index (χ3v) is 3.66. The molecule has 0 fully saturated rings. The zero-order valence-corrected chi connectivity index (χ0v) is 11.5. The highest BCUT2D eigenvalue weighted by molar-refractivity contribution is 7.98. The molecule has 21 heavy (non-hydrogen) atoms. The molecule has 0 aliphatic rings. The molecule has 3 aromatic rings. The Kier molecular flexibility index (Phi) is 3.65. The average Bonchev–Trinajstić information content (AvgIpc) is 2.96. The summed E-state index contributed by atoms with van der Waals surface area (Å²) in [5, 5.41) is 12.1. The summed E-state index contributed by atoms with van der Waals surface area (Å²) in [6.07, 6.45) is 1.39. The van der Waals surface area contributed by atoms with Crippen LogP contribution in [0.1, 0.15) is 5.56 Å². The lowest BCUT2D eigenvalue weighted by molar-refractivity contribution is 0.756. The number of thioether (sulfide) groups is 1. The first-order chi connectivity index (χ1) is 10.2. The van der Waals surface area contributed by atoms with Gasteiger partial charge in [0.05, 0.1) is 5.69 Å². The number of para-hydroxylation sites is 1. The lowest BCUT2D eigenvalue weighted by Gasteiger charge is -2.03. The normalized spacial score (nSPS) is 10.7. The number of aromatic nitrogens is 6. The van der Waals surface area contributed by atoms with Crippen LogP contribution in [0.2, 0.25) is 0 Å². The zero-order chi connectivity index (χ0) is 14.7. The van der Waals surface area contributed by atoms with Crippen LogP contribution in [0.4, 0.5) is 0 Å². The summed E-state index contributed by atoms with van der Waals surface area (Å²) in [5.41, 5.74) is 0.343. The molecule has 2 aromatic heterocycles. The molecular weight excluding hydrogens is 292 g/mol. The number of tetrazole rings is 1. The number of hydrogen-bond acceptors (Lipinski definition) is 6. The Hall–Kier alpha value is -2.68. The van der Waals surface area contributed by atoms with Crippen molar-refractivity contribution < 1.29 is 0 Å². The van der Waals surface area contributed by atoms with Crippen LogP contribution in [0.5, 0.6) is 0 Å². The fourth-order valence-corrected chi connectivity index (χ4v) is 2.54. The van der Waals surface area contributed by atoms with Gasteiger partial charge in [-0.25, -0.2) is 4.79 Å². The Balaban J connectivity index is 1.82. The second-order valence-electron chi connectivity index (χ2n) is 4.09. The molecule has 8 nitrogen and oxygen atoms in total. The highest BCUT2D eigenvalue weighted by Gasteiger charge is 2.10. The van der Waals surface area contributed by atoms with E-state index < -0.39 is 11.2 Å². The van der Waals surface area contributed by atoms with Crippen LogP contribution in [0.3, 0.4) is 0 Å². The SMILES string of the molecule is O=c1[nH]cc(CSc2nnnn2-c2ccccc2)c(=O)[nH]1. The first-order valence-electron chi connectivity index (χ1n) is 6.01. The first kappa shape index (κ1) is 13.3. The molecule has 2 N–H and O–H groups in total. The maximum atomic E-state index is 11.6. The van der Waals surface area contributed by atoms with Gasteiger partial charge in [0.25, 0.3) is 5.56 Å². The van der Waals surface area contributed by atoms with E-state index in [0.717, 1.165) is 5.69 Å². The van der Waals surface area contributed by atoms with E-state index in [1.807, 2.05) is 30.3 Å². The molecule has 2 heterocycles. The first-order valence-corrected chi connectivity index (χ1v) is 7.00. The van der Waals surface area contributed by atoms with Crippen LogP contribution in [0.15, 0.2) is 51.3 Å². The summed E-state index contributed by atoms with van der Waals surface area (Å²) < 4.78 is 1.59. The third-order valence-electron chi connectivity index (χ3n) is 2.69. The average molecular weight is 302 g/mol. The van der Waals surface area contributed by atoms with Crippen LogP contribution in [-0.2, 0) is 5.75 Å². The number of benzene rings is 1. The predicted molar refractivity (Wildman–Crippen MR) is 76.4 cm³/mol. The van der Waals surface area contributed by atoms with Crippen molar-refractivity contribution in [1.29, 1.82) is 0 Å². The van der Waals surface area contributed by atoms with E-state index in [9.17, 15) is 9.59 Å². The molecule has 0 bridgehead atoms. The zero-order valence-electron chi connectivity index (χ0n) is 10.7. The number of nitrogens with one attached hydrogen (secondary N) is 2. The maximum Gasteiger partial charge on any atom is 0.325 e. The summed E-state index contributed by atoms with van der Waals surface area (Å²) in [5.74, 6) is 0.347. The Bertz CT molecular complexity index is 854. The molecule has 0 atom stereocenters. The maximum absolute atomic E-state index is 11.6. The summed E-state index contributed by atoms with van der Waals surface area (Å²) in [6, 6.07) is 9.44. The summed E-state index contributed by atoms with van der Waals surface area (Å²) in [4.78, 5) is 27.2. The van der Waals surface area contributed by atoms with Crippen molar-refractivity contribution >= 4 is 11.8 Å². The fourth-order valence-electron chi connectivity index (χ4n) is 1.69. The van der Waals surface area contributed by atoms with E-state index >= 15 is 0 Å². The smallest absolute Gasteiger partial charge is 0.314 e. The van der Waals surface area contributed by atoms with Gasteiger partial charge in [0.15, 0.2) is 0 Å². The Morgan fingerprint density at radius 1 is 1.19 bits per heavy atom. The lowest BCUT2D eigenvalue weighted by atomic mass is 10.3. The van der Waals surface area contributed by atoms with E-state index in [-0.39, 0.29) is 0 Å². The van der Waals surface area contributed by atoms with Gasteiger partial charge in [-0.3, -0.25) is 9.78 Å². The quantitative estimate of drug-likeness (QED) is 0.672. The van der Waals surface area contributed by atoms with Crippen molar-refractivity contribution in [1.82, 2.24) is 30.2 Å². The molecule has 0 aliphatic carbocycles. The van der Waals surface area contributed by atoms with Crippen molar-refractivity contribution in [2.45, 2.75) is 10.9 Å². The number of aromatic amines is 2. The van der Waals surface area contributed by atoms with Crippen LogP contribution < -0.4 is 11.2 Å². The summed E-state index contributed by atoms with van der Waals surface area (Å²) in [6.45, 7) is 0. The van der Waals surface area contributed by atoms with Gasteiger partial charge in [-0.2, -0.15) is 4.68 Å². The van der Waals surface area contributed by atoms with E-state index in [1.54, 1.807) is 4.68 Å². The van der Waals surface area contributed by atoms with Crippen LogP contribution in [0.25, 0.3) is 5.69 Å². The molecule has 0 aliphatic heterocycles. The lowest BCUT2D eigenvalue weighted by Crippen LogP contribution is -2.24. The molecular formula is C12H10N6O2S. The van der Waals surface area contributed by atoms with Crippen LogP contribution in [-0.4, -0.2) is 30.2 Å². The summed E-state index contributed by atoms with van der Waals surface area (Å²) >= 11 is 1.31. The largest absolute Gasteiger partial charge is 0.325 e. The minimum Gasteiger partial charge on any atom is -0.314 e. The molecule has 0 saturated carbocycles. The van der Waals surface area contributed by atoms with Crippen molar-refractivity contribution in [3.05, 3.63) is 62.9 Å². The standard InChI is InChI=1S/C12H10N6O2S/c19-10-8(6-13-11(20)14-10)7-21-12-15-16-17-18(12)9-4-2-1-3-5-9/h1-6H,7H2,(H2,13,14,19,20). The number of hydrogen-bond donors (Lipinski definition) is 2. The molecule has 0 amide bonds. The second-order valence-corrected chi connectivity index (χ2v) is 5.04. The van der Waals surface area contributed by atoms with E-state index in [1.165, 1.54) is 18.0 Å². The minimum atomic E-state index is -0.525. The second kappa shape index (κ2) is 5.75. The molecule has 0 unspecified atom stereocenters. The number of nitrogens with zero attached hydrogens (tertiary/aromatic N) is 4. The van der Waals surface area contributed by atoms with Crippen molar-refractivity contribution in [3.8, 4) is 5.69 Å². The van der Waals surface area contributed by atoms with Crippen LogP contribution >= 0.6 is 11.8 Å². The molecule has 106 valence electrons. The Morgan fingerprint density at radius 3 is 2.76 bits per heavy atom. The molecule has 3 rings (SSSR count). The van der Waals surface area contributed by atoms with Gasteiger partial charge in [-0.1, -0.05) is 30.0 Å². The van der Waals surface area contributed by atoms with Gasteiger partial charge < -0.3 is 4.98 Å². The molecule has 1 aromatic carbocycles. The number of rotatable bonds is 4. The highest BCUT2D eigenvalue weighted by Crippen LogP contribution is 2.20. The van der Waals surface area contributed by atoms with E-state index in [2.05, 4.69) is 25.5 Å². The van der Waals surface area contributed by atoms with Crippen LogP contribution in [0, 0.1) is 0 Å². The van der Waals surface area contributed by atoms with Crippen molar-refractivity contribution in [2.24, 2.45) is 0 Å². The van der Waals surface area contributed by atoms with Gasteiger partial charge in [-0.05, 0) is 22.6 Å².